The number of hydrogen-bond donors (Lipinski definition) is 2. The van der Waals surface area contributed by atoms with Gasteiger partial charge in [-0.3, -0.25) is 9.69 Å². The Morgan fingerprint density at radius 2 is 2.04 bits per heavy atom. The summed E-state index contributed by atoms with van der Waals surface area (Å²) in [6, 6.07) is 6.02. The summed E-state index contributed by atoms with van der Waals surface area (Å²) in [4.78, 5) is 19.5. The molecule has 28 heavy (non-hydrogen) atoms. The highest BCUT2D eigenvalue weighted by atomic mass is 32.1. The number of halogens is 1. The van der Waals surface area contributed by atoms with Crippen LogP contribution in [-0.4, -0.2) is 43.6 Å². The van der Waals surface area contributed by atoms with E-state index in [0.29, 0.717) is 48.0 Å². The van der Waals surface area contributed by atoms with Crippen LogP contribution in [-0.2, 0) is 11.2 Å². The van der Waals surface area contributed by atoms with Crippen LogP contribution in [0.1, 0.15) is 42.1 Å². The number of rotatable bonds is 5. The Kier molecular flexibility index (Phi) is 5.03. The fourth-order valence-electron chi connectivity index (χ4n) is 3.73. The molecule has 0 bridgehead atoms. The summed E-state index contributed by atoms with van der Waals surface area (Å²) < 4.78 is 14.9. The van der Waals surface area contributed by atoms with Crippen LogP contribution < -0.4 is 5.73 Å². The largest absolute Gasteiger partial charge is 0.492 e. The van der Waals surface area contributed by atoms with Gasteiger partial charge in [0.05, 0.1) is 10.9 Å². The Morgan fingerprint density at radius 1 is 1.36 bits per heavy atom. The predicted molar refractivity (Wildman–Crippen MR) is 104 cm³/mol. The summed E-state index contributed by atoms with van der Waals surface area (Å²) in [7, 11) is 0. The van der Waals surface area contributed by atoms with Gasteiger partial charge in [0.1, 0.15) is 5.82 Å². The number of aryl methyl sites for hydroxylation is 1. The number of benzene rings is 1. The number of aromatic nitrogens is 3. The number of nitrogens with two attached hydrogens (primary N) is 1. The smallest absolute Gasteiger partial charge is 0.230 e. The molecule has 1 atom stereocenters. The van der Waals surface area contributed by atoms with Crippen LogP contribution in [0.4, 0.5) is 4.39 Å². The first kappa shape index (κ1) is 18.8. The van der Waals surface area contributed by atoms with Crippen molar-refractivity contribution in [1.82, 2.24) is 19.5 Å². The Bertz CT molecular complexity index is 992. The highest BCUT2D eigenvalue weighted by molar-refractivity contribution is 7.17. The van der Waals surface area contributed by atoms with Gasteiger partial charge in [0.2, 0.25) is 16.7 Å². The summed E-state index contributed by atoms with van der Waals surface area (Å²) in [5.41, 5.74) is 6.33. The third kappa shape index (κ3) is 3.35. The van der Waals surface area contributed by atoms with Crippen molar-refractivity contribution in [3.8, 4) is 5.88 Å². The van der Waals surface area contributed by atoms with Gasteiger partial charge in [0, 0.05) is 12.3 Å². The van der Waals surface area contributed by atoms with Gasteiger partial charge < -0.3 is 10.8 Å². The highest BCUT2D eigenvalue weighted by Gasteiger charge is 2.33. The lowest BCUT2D eigenvalue weighted by molar-refractivity contribution is -0.123. The molecular formula is C19H22FN5O2S. The lowest BCUT2D eigenvalue weighted by Gasteiger charge is -2.36. The van der Waals surface area contributed by atoms with E-state index in [0.717, 1.165) is 5.56 Å². The number of amides is 1. The SMILES string of the molecule is CCc1nc2sc(C(c3ccc(F)cc3)N3CCC(C(N)=O)CC3)c(O)n2n1. The van der Waals surface area contributed by atoms with Gasteiger partial charge in [-0.2, -0.15) is 4.52 Å². The quantitative estimate of drug-likeness (QED) is 0.682. The van der Waals surface area contributed by atoms with Gasteiger partial charge in [0.25, 0.3) is 0 Å². The summed E-state index contributed by atoms with van der Waals surface area (Å²) in [6.07, 6.45) is 2.01. The van der Waals surface area contributed by atoms with E-state index in [9.17, 15) is 14.3 Å². The number of nitrogens with zero attached hydrogens (tertiary/aromatic N) is 4. The van der Waals surface area contributed by atoms with Crippen molar-refractivity contribution < 1.29 is 14.3 Å². The molecule has 7 nitrogen and oxygen atoms in total. The highest BCUT2D eigenvalue weighted by Crippen LogP contribution is 2.41. The first-order chi connectivity index (χ1) is 13.5. The molecular weight excluding hydrogens is 381 g/mol. The molecule has 148 valence electrons. The molecule has 0 radical (unpaired) electrons. The number of carbonyl (C=O) groups is 1. The second-order valence-corrected chi connectivity index (χ2v) is 8.04. The number of thiazole rings is 1. The molecule has 3 heterocycles. The van der Waals surface area contributed by atoms with Gasteiger partial charge in [-0.1, -0.05) is 30.4 Å². The van der Waals surface area contributed by atoms with Crippen LogP contribution in [0.25, 0.3) is 4.96 Å². The molecule has 1 amide bonds. The monoisotopic (exact) mass is 403 g/mol. The van der Waals surface area contributed by atoms with Gasteiger partial charge in [0.15, 0.2) is 5.82 Å². The number of carbonyl (C=O) groups excluding carboxylic acids is 1. The van der Waals surface area contributed by atoms with Crippen LogP contribution in [0.3, 0.4) is 0 Å². The van der Waals surface area contributed by atoms with E-state index in [1.165, 1.54) is 28.0 Å². The molecule has 0 saturated carbocycles. The van der Waals surface area contributed by atoms with E-state index in [1.807, 2.05) is 6.92 Å². The van der Waals surface area contributed by atoms with E-state index in [4.69, 9.17) is 5.73 Å². The Balaban J connectivity index is 1.73. The third-order valence-electron chi connectivity index (χ3n) is 5.29. The first-order valence-electron chi connectivity index (χ1n) is 9.34. The standard InChI is InChI=1S/C19H22FN5O2S/c1-2-14-22-19-25(23-14)18(27)16(28-19)15(11-3-5-13(20)6-4-11)24-9-7-12(8-10-24)17(21)26/h3-6,12,15,27H,2,7-10H2,1H3,(H2,21,26). The summed E-state index contributed by atoms with van der Waals surface area (Å²) in [6.45, 7) is 3.27. The third-order valence-corrected chi connectivity index (χ3v) is 6.36. The van der Waals surface area contributed by atoms with Crippen molar-refractivity contribution in [1.29, 1.82) is 0 Å². The topological polar surface area (TPSA) is 96.8 Å². The average molecular weight is 403 g/mol. The number of aromatic hydroxyl groups is 1. The van der Waals surface area contributed by atoms with Crippen LogP contribution in [0, 0.1) is 11.7 Å². The van der Waals surface area contributed by atoms with Crippen molar-refractivity contribution in [2.75, 3.05) is 13.1 Å². The van der Waals surface area contributed by atoms with Crippen molar-refractivity contribution in [3.05, 3.63) is 46.3 Å². The fourth-order valence-corrected chi connectivity index (χ4v) is 4.87. The van der Waals surface area contributed by atoms with Crippen molar-refractivity contribution in [2.45, 2.75) is 32.2 Å². The molecule has 1 aromatic carbocycles. The van der Waals surface area contributed by atoms with Crippen molar-refractivity contribution in [2.24, 2.45) is 11.7 Å². The Hall–Kier alpha value is -2.52. The van der Waals surface area contributed by atoms with E-state index < -0.39 is 0 Å². The van der Waals surface area contributed by atoms with Gasteiger partial charge >= 0.3 is 0 Å². The number of primary amides is 1. The summed E-state index contributed by atoms with van der Waals surface area (Å²) in [5, 5.41) is 15.2. The minimum absolute atomic E-state index is 0.0542. The van der Waals surface area contributed by atoms with Crippen LogP contribution in [0.2, 0.25) is 0 Å². The summed E-state index contributed by atoms with van der Waals surface area (Å²) in [5.74, 6) is 0.0153. The molecule has 1 fully saturated rings. The van der Waals surface area contributed by atoms with Crippen LogP contribution in [0.5, 0.6) is 5.88 Å². The maximum absolute atomic E-state index is 13.5. The molecule has 3 aromatic rings. The second-order valence-electron chi connectivity index (χ2n) is 7.03. The fraction of sp³-hybridized carbons (Fsp3) is 0.421. The zero-order chi connectivity index (χ0) is 19.8. The van der Waals surface area contributed by atoms with E-state index >= 15 is 0 Å². The average Bonchev–Trinajstić information content (AvgIpc) is 3.23. The number of fused-ring (bicyclic) bond motifs is 1. The molecule has 0 aliphatic carbocycles. The molecule has 1 saturated heterocycles. The lowest BCUT2D eigenvalue weighted by atomic mass is 9.93. The van der Waals surface area contributed by atoms with Crippen molar-refractivity contribution in [3.63, 3.8) is 0 Å². The molecule has 1 aliphatic rings. The number of hydrogen-bond acceptors (Lipinski definition) is 6. The Labute approximate surface area is 165 Å². The van der Waals surface area contributed by atoms with Crippen molar-refractivity contribution >= 4 is 22.2 Å². The molecule has 2 aromatic heterocycles. The van der Waals surface area contributed by atoms with E-state index in [2.05, 4.69) is 15.0 Å². The van der Waals surface area contributed by atoms with Crippen LogP contribution in [0.15, 0.2) is 24.3 Å². The minimum Gasteiger partial charge on any atom is -0.492 e. The first-order valence-corrected chi connectivity index (χ1v) is 10.2. The van der Waals surface area contributed by atoms with Crippen LogP contribution >= 0.6 is 11.3 Å². The maximum Gasteiger partial charge on any atom is 0.230 e. The van der Waals surface area contributed by atoms with E-state index in [-0.39, 0.29) is 29.6 Å². The minimum atomic E-state index is -0.311. The molecule has 4 rings (SSSR count). The molecule has 9 heteroatoms. The molecule has 3 N–H and O–H groups in total. The second kappa shape index (κ2) is 7.48. The van der Waals surface area contributed by atoms with E-state index in [1.54, 1.807) is 12.1 Å². The molecule has 1 aliphatic heterocycles. The Morgan fingerprint density at radius 3 is 2.61 bits per heavy atom. The zero-order valence-electron chi connectivity index (χ0n) is 15.5. The molecule has 1 unspecified atom stereocenters. The normalized spacial score (nSPS) is 17.2. The summed E-state index contributed by atoms with van der Waals surface area (Å²) >= 11 is 1.38. The van der Waals surface area contributed by atoms with Gasteiger partial charge in [-0.25, -0.2) is 9.37 Å². The van der Waals surface area contributed by atoms with Gasteiger partial charge in [-0.05, 0) is 43.6 Å². The zero-order valence-corrected chi connectivity index (χ0v) is 16.3. The maximum atomic E-state index is 13.5. The van der Waals surface area contributed by atoms with Gasteiger partial charge in [-0.15, -0.1) is 5.10 Å². The predicted octanol–water partition coefficient (Wildman–Crippen LogP) is 2.48. The number of likely N-dealkylation sites (tertiary alicyclic amines) is 1. The molecule has 0 spiro atoms. The number of piperidine rings is 1. The lowest BCUT2D eigenvalue weighted by Crippen LogP contribution is -2.40.